The van der Waals surface area contributed by atoms with E-state index >= 15 is 0 Å². The second-order valence-electron chi connectivity index (χ2n) is 9.93. The summed E-state index contributed by atoms with van der Waals surface area (Å²) in [6.45, 7) is 6.60. The summed E-state index contributed by atoms with van der Waals surface area (Å²) < 4.78 is 0. The summed E-state index contributed by atoms with van der Waals surface area (Å²) in [5, 5.41) is 31.0. The van der Waals surface area contributed by atoms with Gasteiger partial charge in [-0.05, 0) is 81.5 Å². The summed E-state index contributed by atoms with van der Waals surface area (Å²) >= 11 is 0. The first kappa shape index (κ1) is 17.6. The normalized spacial score (nSPS) is 53.0. The molecular formula is C22H33NO2. The van der Waals surface area contributed by atoms with Gasteiger partial charge in [-0.15, -0.1) is 0 Å². The summed E-state index contributed by atoms with van der Waals surface area (Å²) in [5.74, 6) is 1.53. The standard InChI is InChI=1S/C22H33NO2/c1-14(13-23)22(25)11-8-19-17-5-4-15-12-16(24)6-9-20(15,2)18(17)7-10-21(19,22)3/h4,14,16-19,24-25H,5-12H2,1-3H3/t14?,16-,17+,18-,19-,20-,21-,22?/m0/s1. The Labute approximate surface area is 152 Å². The Kier molecular flexibility index (Phi) is 3.91. The van der Waals surface area contributed by atoms with Crippen molar-refractivity contribution < 1.29 is 10.2 Å². The molecule has 0 spiro atoms. The van der Waals surface area contributed by atoms with Crippen LogP contribution >= 0.6 is 0 Å². The lowest BCUT2D eigenvalue weighted by Crippen LogP contribution is -2.56. The Morgan fingerprint density at radius 3 is 2.60 bits per heavy atom. The molecule has 0 radical (unpaired) electrons. The first-order valence-electron chi connectivity index (χ1n) is 10.3. The maximum atomic E-state index is 11.5. The fraction of sp³-hybridized carbons (Fsp3) is 0.864. The van der Waals surface area contributed by atoms with E-state index in [4.69, 9.17) is 0 Å². The molecule has 0 amide bonds. The Balaban J connectivity index is 1.68. The number of allylic oxidation sites excluding steroid dienone is 1. The highest BCUT2D eigenvalue weighted by molar-refractivity contribution is 5.26. The van der Waals surface area contributed by atoms with Gasteiger partial charge in [0.1, 0.15) is 0 Å². The molecule has 4 aliphatic carbocycles. The van der Waals surface area contributed by atoms with Crippen LogP contribution in [0.1, 0.15) is 72.1 Å². The predicted octanol–water partition coefficient (Wildman–Crippen LogP) is 4.20. The van der Waals surface area contributed by atoms with Crippen LogP contribution in [0.25, 0.3) is 0 Å². The number of hydrogen-bond donors (Lipinski definition) is 2. The molecule has 3 heteroatoms. The summed E-state index contributed by atoms with van der Waals surface area (Å²) in [6, 6.07) is 2.35. The smallest absolute Gasteiger partial charge is 0.0858 e. The highest BCUT2D eigenvalue weighted by atomic mass is 16.3. The van der Waals surface area contributed by atoms with Crippen molar-refractivity contribution in [2.75, 3.05) is 0 Å². The maximum Gasteiger partial charge on any atom is 0.0858 e. The lowest BCUT2D eigenvalue weighted by atomic mass is 9.46. The van der Waals surface area contributed by atoms with E-state index in [0.29, 0.717) is 17.8 Å². The number of fused-ring (bicyclic) bond motifs is 5. The van der Waals surface area contributed by atoms with Crippen LogP contribution in [0, 0.1) is 45.8 Å². The predicted molar refractivity (Wildman–Crippen MR) is 97.4 cm³/mol. The Morgan fingerprint density at radius 1 is 1.16 bits per heavy atom. The molecule has 3 nitrogen and oxygen atoms in total. The fourth-order valence-electron chi connectivity index (χ4n) is 7.51. The van der Waals surface area contributed by atoms with Gasteiger partial charge in [0.2, 0.25) is 0 Å². The van der Waals surface area contributed by atoms with Crippen LogP contribution < -0.4 is 0 Å². The molecule has 2 N–H and O–H groups in total. The third-order valence-corrected chi connectivity index (χ3v) is 9.20. The molecular weight excluding hydrogens is 310 g/mol. The van der Waals surface area contributed by atoms with Crippen molar-refractivity contribution in [2.45, 2.75) is 83.8 Å². The van der Waals surface area contributed by atoms with Gasteiger partial charge in [0.25, 0.3) is 0 Å². The number of nitriles is 1. The van der Waals surface area contributed by atoms with Crippen LogP contribution in [0.15, 0.2) is 11.6 Å². The van der Waals surface area contributed by atoms with Gasteiger partial charge in [-0.1, -0.05) is 25.5 Å². The van der Waals surface area contributed by atoms with Gasteiger partial charge in [-0.2, -0.15) is 5.26 Å². The monoisotopic (exact) mass is 343 g/mol. The maximum absolute atomic E-state index is 11.5. The molecule has 0 saturated heterocycles. The van der Waals surface area contributed by atoms with E-state index in [2.05, 4.69) is 26.0 Å². The molecule has 25 heavy (non-hydrogen) atoms. The zero-order chi connectivity index (χ0) is 18.0. The van der Waals surface area contributed by atoms with Gasteiger partial charge in [0, 0.05) is 5.41 Å². The molecule has 4 aliphatic rings. The second kappa shape index (κ2) is 5.57. The van der Waals surface area contributed by atoms with Crippen molar-refractivity contribution in [1.29, 1.82) is 5.26 Å². The van der Waals surface area contributed by atoms with E-state index in [1.54, 1.807) is 0 Å². The van der Waals surface area contributed by atoms with Crippen LogP contribution in [0.2, 0.25) is 0 Å². The number of nitrogens with zero attached hydrogens (tertiary/aromatic N) is 1. The number of aliphatic hydroxyl groups is 2. The molecule has 0 bridgehead atoms. The quantitative estimate of drug-likeness (QED) is 0.701. The summed E-state index contributed by atoms with van der Waals surface area (Å²) in [6.07, 6.45) is 10.3. The van der Waals surface area contributed by atoms with Crippen LogP contribution in [-0.4, -0.2) is 21.9 Å². The number of rotatable bonds is 1. The molecule has 0 heterocycles. The average Bonchev–Trinajstić information content (AvgIpc) is 2.87. The van der Waals surface area contributed by atoms with Gasteiger partial charge in [0.05, 0.1) is 23.7 Å². The summed E-state index contributed by atoms with van der Waals surface area (Å²) in [4.78, 5) is 0. The third kappa shape index (κ3) is 2.17. The molecule has 138 valence electrons. The zero-order valence-corrected chi connectivity index (χ0v) is 16.0. The molecule has 3 fully saturated rings. The minimum Gasteiger partial charge on any atom is -0.393 e. The van der Waals surface area contributed by atoms with Crippen molar-refractivity contribution in [3.63, 3.8) is 0 Å². The molecule has 0 aromatic carbocycles. The van der Waals surface area contributed by atoms with Gasteiger partial charge < -0.3 is 10.2 Å². The molecule has 0 aromatic rings. The first-order chi connectivity index (χ1) is 11.8. The zero-order valence-electron chi connectivity index (χ0n) is 16.0. The number of hydrogen-bond acceptors (Lipinski definition) is 3. The number of aliphatic hydroxyl groups excluding tert-OH is 1. The largest absolute Gasteiger partial charge is 0.393 e. The van der Waals surface area contributed by atoms with Gasteiger partial charge in [0.15, 0.2) is 0 Å². The first-order valence-corrected chi connectivity index (χ1v) is 10.3. The average molecular weight is 344 g/mol. The van der Waals surface area contributed by atoms with E-state index in [1.807, 2.05) is 6.92 Å². The van der Waals surface area contributed by atoms with Crippen molar-refractivity contribution in [1.82, 2.24) is 0 Å². The Bertz CT molecular complexity index is 636. The SMILES string of the molecule is CC(C#N)C1(O)CC[C@H]2[C@@H]3CC=C4C[C@@H](O)CC[C@]4(C)[C@H]3CC[C@@]21C. The van der Waals surface area contributed by atoms with Gasteiger partial charge >= 0.3 is 0 Å². The highest BCUT2D eigenvalue weighted by Gasteiger charge is 2.65. The summed E-state index contributed by atoms with van der Waals surface area (Å²) in [5.41, 5.74) is 0.782. The van der Waals surface area contributed by atoms with E-state index in [1.165, 1.54) is 5.57 Å². The second-order valence-corrected chi connectivity index (χ2v) is 9.93. The van der Waals surface area contributed by atoms with Crippen LogP contribution in [0.3, 0.4) is 0 Å². The van der Waals surface area contributed by atoms with Crippen LogP contribution in [0.4, 0.5) is 0 Å². The highest BCUT2D eigenvalue weighted by Crippen LogP contribution is 2.68. The Morgan fingerprint density at radius 2 is 1.88 bits per heavy atom. The van der Waals surface area contributed by atoms with Crippen LogP contribution in [0.5, 0.6) is 0 Å². The molecule has 8 atom stereocenters. The van der Waals surface area contributed by atoms with Gasteiger partial charge in [-0.25, -0.2) is 0 Å². The minimum absolute atomic E-state index is 0.126. The lowest BCUT2D eigenvalue weighted by molar-refractivity contribution is -0.139. The van der Waals surface area contributed by atoms with Crippen molar-refractivity contribution in [2.24, 2.45) is 34.5 Å². The third-order valence-electron chi connectivity index (χ3n) is 9.20. The summed E-state index contributed by atoms with van der Waals surface area (Å²) in [7, 11) is 0. The van der Waals surface area contributed by atoms with Crippen molar-refractivity contribution in [3.8, 4) is 6.07 Å². The molecule has 4 rings (SSSR count). The molecule has 0 aliphatic heterocycles. The topological polar surface area (TPSA) is 64.2 Å². The molecule has 3 saturated carbocycles. The lowest BCUT2D eigenvalue weighted by Gasteiger charge is -2.59. The van der Waals surface area contributed by atoms with E-state index in [0.717, 1.165) is 51.4 Å². The molecule has 2 unspecified atom stereocenters. The van der Waals surface area contributed by atoms with E-state index in [-0.39, 0.29) is 22.9 Å². The fourth-order valence-corrected chi connectivity index (χ4v) is 7.51. The Hall–Kier alpha value is -0.850. The van der Waals surface area contributed by atoms with E-state index in [9.17, 15) is 15.5 Å². The van der Waals surface area contributed by atoms with Gasteiger partial charge in [-0.3, -0.25) is 0 Å². The van der Waals surface area contributed by atoms with E-state index < -0.39 is 5.60 Å². The minimum atomic E-state index is -0.828. The molecule has 0 aromatic heterocycles. The van der Waals surface area contributed by atoms with Crippen LogP contribution in [-0.2, 0) is 0 Å². The van der Waals surface area contributed by atoms with Crippen molar-refractivity contribution >= 4 is 0 Å². The van der Waals surface area contributed by atoms with Crippen molar-refractivity contribution in [3.05, 3.63) is 11.6 Å².